The topological polar surface area (TPSA) is 49.3 Å². The number of carbonyl (C=O) groups is 1. The standard InChI is InChI=1S/C16H21NO2S/c18-15(17-10-16(19)7-8-20-11-16)14-6-5-12-3-1-2-4-13(12)9-14/h5-6,9,19H,1-4,7-8,10-11H2,(H,17,18). The quantitative estimate of drug-likeness (QED) is 0.897. The summed E-state index contributed by atoms with van der Waals surface area (Å²) in [5.74, 6) is 1.63. The Morgan fingerprint density at radius 2 is 2.10 bits per heavy atom. The van der Waals surface area contributed by atoms with Crippen LogP contribution < -0.4 is 5.32 Å². The highest BCUT2D eigenvalue weighted by Gasteiger charge is 2.32. The van der Waals surface area contributed by atoms with Gasteiger partial charge in [0.2, 0.25) is 0 Å². The second kappa shape index (κ2) is 5.78. The molecule has 2 aliphatic rings. The third-order valence-corrected chi connectivity index (χ3v) is 5.51. The van der Waals surface area contributed by atoms with Crippen LogP contribution in [0.2, 0.25) is 0 Å². The second-order valence-electron chi connectivity index (χ2n) is 5.90. The predicted octanol–water partition coefficient (Wildman–Crippen LogP) is 2.16. The zero-order valence-corrected chi connectivity index (χ0v) is 12.5. The lowest BCUT2D eigenvalue weighted by atomic mass is 9.90. The Balaban J connectivity index is 1.65. The fourth-order valence-corrected chi connectivity index (χ4v) is 4.25. The molecule has 108 valence electrons. The van der Waals surface area contributed by atoms with Crippen molar-refractivity contribution in [2.24, 2.45) is 0 Å². The van der Waals surface area contributed by atoms with E-state index in [1.54, 1.807) is 11.8 Å². The van der Waals surface area contributed by atoms with Gasteiger partial charge in [0.05, 0.1) is 5.60 Å². The van der Waals surface area contributed by atoms with Crippen LogP contribution >= 0.6 is 11.8 Å². The van der Waals surface area contributed by atoms with Crippen LogP contribution in [-0.4, -0.2) is 34.7 Å². The summed E-state index contributed by atoms with van der Waals surface area (Å²) in [6, 6.07) is 6.02. The highest BCUT2D eigenvalue weighted by atomic mass is 32.2. The molecule has 1 saturated heterocycles. The normalized spacial score (nSPS) is 25.2. The molecule has 3 nitrogen and oxygen atoms in total. The Morgan fingerprint density at radius 3 is 2.85 bits per heavy atom. The van der Waals surface area contributed by atoms with Gasteiger partial charge in [-0.25, -0.2) is 0 Å². The fourth-order valence-electron chi connectivity index (χ4n) is 2.96. The molecule has 0 saturated carbocycles. The van der Waals surface area contributed by atoms with Gasteiger partial charge in [-0.2, -0.15) is 11.8 Å². The summed E-state index contributed by atoms with van der Waals surface area (Å²) in [5.41, 5.74) is 2.71. The number of hydrogen-bond acceptors (Lipinski definition) is 3. The number of amides is 1. The second-order valence-corrected chi connectivity index (χ2v) is 7.01. The number of thioether (sulfide) groups is 1. The van der Waals surface area contributed by atoms with Crippen LogP contribution in [0, 0.1) is 0 Å². The minimum absolute atomic E-state index is 0.0660. The third-order valence-electron chi connectivity index (χ3n) is 4.27. The van der Waals surface area contributed by atoms with E-state index in [1.807, 2.05) is 12.1 Å². The number of benzene rings is 1. The van der Waals surface area contributed by atoms with E-state index in [0.29, 0.717) is 6.54 Å². The van der Waals surface area contributed by atoms with E-state index in [1.165, 1.54) is 24.0 Å². The molecule has 0 spiro atoms. The van der Waals surface area contributed by atoms with Crippen molar-refractivity contribution in [2.45, 2.75) is 37.7 Å². The van der Waals surface area contributed by atoms with Crippen molar-refractivity contribution in [3.63, 3.8) is 0 Å². The van der Waals surface area contributed by atoms with Gasteiger partial charge in [-0.15, -0.1) is 0 Å². The molecule has 2 N–H and O–H groups in total. The SMILES string of the molecule is O=C(NCC1(O)CCSC1)c1ccc2c(c1)CCCC2. The van der Waals surface area contributed by atoms with Crippen molar-refractivity contribution in [3.05, 3.63) is 34.9 Å². The van der Waals surface area contributed by atoms with E-state index in [4.69, 9.17) is 0 Å². The van der Waals surface area contributed by atoms with E-state index in [9.17, 15) is 9.90 Å². The average molecular weight is 291 g/mol. The van der Waals surface area contributed by atoms with Gasteiger partial charge in [-0.3, -0.25) is 4.79 Å². The number of rotatable bonds is 3. The minimum atomic E-state index is -0.714. The first kappa shape index (κ1) is 14.0. The maximum Gasteiger partial charge on any atom is 0.251 e. The van der Waals surface area contributed by atoms with Gasteiger partial charge in [0.1, 0.15) is 0 Å². The Kier molecular flexibility index (Phi) is 4.03. The summed E-state index contributed by atoms with van der Waals surface area (Å²) in [6.07, 6.45) is 5.45. The minimum Gasteiger partial charge on any atom is -0.387 e. The molecule has 1 amide bonds. The summed E-state index contributed by atoms with van der Waals surface area (Å²) in [7, 11) is 0. The van der Waals surface area contributed by atoms with Gasteiger partial charge >= 0.3 is 0 Å². The third kappa shape index (κ3) is 3.01. The largest absolute Gasteiger partial charge is 0.387 e. The van der Waals surface area contributed by atoms with E-state index in [-0.39, 0.29) is 5.91 Å². The fraction of sp³-hybridized carbons (Fsp3) is 0.562. The van der Waals surface area contributed by atoms with Crippen molar-refractivity contribution in [1.29, 1.82) is 0 Å². The lowest BCUT2D eigenvalue weighted by Gasteiger charge is -2.22. The highest BCUT2D eigenvalue weighted by molar-refractivity contribution is 7.99. The lowest BCUT2D eigenvalue weighted by molar-refractivity contribution is 0.0612. The highest BCUT2D eigenvalue weighted by Crippen LogP contribution is 2.27. The molecule has 1 aromatic carbocycles. The summed E-state index contributed by atoms with van der Waals surface area (Å²) in [5, 5.41) is 13.1. The van der Waals surface area contributed by atoms with Gasteiger partial charge in [0.15, 0.2) is 0 Å². The molecule has 4 heteroatoms. The molecule has 1 aliphatic carbocycles. The molecule has 1 aliphatic heterocycles. The Hall–Kier alpha value is -1.00. The molecule has 1 heterocycles. The molecule has 0 aromatic heterocycles. The van der Waals surface area contributed by atoms with Crippen molar-refractivity contribution < 1.29 is 9.90 Å². The number of aliphatic hydroxyl groups is 1. The molecule has 1 aromatic rings. The zero-order chi connectivity index (χ0) is 14.0. The zero-order valence-electron chi connectivity index (χ0n) is 11.7. The van der Waals surface area contributed by atoms with Crippen LogP contribution in [0.4, 0.5) is 0 Å². The molecule has 1 atom stereocenters. The molecular formula is C16H21NO2S. The van der Waals surface area contributed by atoms with E-state index in [0.717, 1.165) is 36.3 Å². The lowest BCUT2D eigenvalue weighted by Crippen LogP contribution is -2.43. The molecule has 20 heavy (non-hydrogen) atoms. The van der Waals surface area contributed by atoms with Gasteiger partial charge in [0.25, 0.3) is 5.91 Å². The van der Waals surface area contributed by atoms with Crippen LogP contribution in [0.1, 0.15) is 40.7 Å². The van der Waals surface area contributed by atoms with Gasteiger partial charge < -0.3 is 10.4 Å². The Morgan fingerprint density at radius 1 is 1.30 bits per heavy atom. The molecule has 1 unspecified atom stereocenters. The van der Waals surface area contributed by atoms with Gasteiger partial charge in [-0.1, -0.05) is 6.07 Å². The van der Waals surface area contributed by atoms with Crippen LogP contribution in [0.25, 0.3) is 0 Å². The van der Waals surface area contributed by atoms with Crippen LogP contribution in [-0.2, 0) is 12.8 Å². The van der Waals surface area contributed by atoms with Crippen LogP contribution in [0.3, 0.4) is 0 Å². The first-order valence-corrected chi connectivity index (χ1v) is 8.52. The maximum absolute atomic E-state index is 12.2. The first-order chi connectivity index (χ1) is 9.66. The number of nitrogens with one attached hydrogen (secondary N) is 1. The molecular weight excluding hydrogens is 270 g/mol. The number of carbonyl (C=O) groups excluding carboxylic acids is 1. The summed E-state index contributed by atoms with van der Waals surface area (Å²) in [6.45, 7) is 0.357. The molecule has 3 rings (SSSR count). The van der Waals surface area contributed by atoms with E-state index in [2.05, 4.69) is 11.4 Å². The molecule has 0 bridgehead atoms. The number of hydrogen-bond donors (Lipinski definition) is 2. The number of aryl methyl sites for hydroxylation is 2. The maximum atomic E-state index is 12.2. The van der Waals surface area contributed by atoms with E-state index >= 15 is 0 Å². The first-order valence-electron chi connectivity index (χ1n) is 7.36. The number of fused-ring (bicyclic) bond motifs is 1. The average Bonchev–Trinajstić information content (AvgIpc) is 2.91. The van der Waals surface area contributed by atoms with Gasteiger partial charge in [0, 0.05) is 17.9 Å². The van der Waals surface area contributed by atoms with Crippen molar-refractivity contribution in [2.75, 3.05) is 18.1 Å². The van der Waals surface area contributed by atoms with E-state index < -0.39 is 5.60 Å². The monoisotopic (exact) mass is 291 g/mol. The van der Waals surface area contributed by atoms with Gasteiger partial charge in [-0.05, 0) is 61.1 Å². The molecule has 0 radical (unpaired) electrons. The van der Waals surface area contributed by atoms with Crippen molar-refractivity contribution >= 4 is 17.7 Å². The van der Waals surface area contributed by atoms with Crippen LogP contribution in [0.5, 0.6) is 0 Å². The van der Waals surface area contributed by atoms with Crippen molar-refractivity contribution in [1.82, 2.24) is 5.32 Å². The molecule has 1 fully saturated rings. The van der Waals surface area contributed by atoms with Crippen LogP contribution in [0.15, 0.2) is 18.2 Å². The Bertz CT molecular complexity index is 509. The summed E-state index contributed by atoms with van der Waals surface area (Å²) < 4.78 is 0. The van der Waals surface area contributed by atoms with Crippen molar-refractivity contribution in [3.8, 4) is 0 Å². The Labute approximate surface area is 124 Å². The summed E-state index contributed by atoms with van der Waals surface area (Å²) in [4.78, 5) is 12.2. The summed E-state index contributed by atoms with van der Waals surface area (Å²) >= 11 is 1.75. The smallest absolute Gasteiger partial charge is 0.251 e. The predicted molar refractivity (Wildman–Crippen MR) is 82.3 cm³/mol.